The Morgan fingerprint density at radius 1 is 1.56 bits per heavy atom. The number of nitrogens with zero attached hydrogens (tertiary/aromatic N) is 2. The molecule has 1 aliphatic rings. The predicted octanol–water partition coefficient (Wildman–Crippen LogP) is 1.54. The van der Waals surface area contributed by atoms with Crippen molar-refractivity contribution in [3.8, 4) is 0 Å². The van der Waals surface area contributed by atoms with Crippen LogP contribution in [0.4, 0.5) is 0 Å². The van der Waals surface area contributed by atoms with E-state index in [9.17, 15) is 4.79 Å². The third kappa shape index (κ3) is 3.14. The lowest BCUT2D eigenvalue weighted by molar-refractivity contribution is -0.112. The van der Waals surface area contributed by atoms with Gasteiger partial charge >= 0.3 is 0 Å². The Hall–Kier alpha value is -1.22. The van der Waals surface area contributed by atoms with Crippen LogP contribution in [0.2, 0.25) is 0 Å². The van der Waals surface area contributed by atoms with Crippen LogP contribution >= 0.6 is 0 Å². The Balaban J connectivity index is 1.79. The number of hydrogen-bond acceptors (Lipinski definition) is 3. The molecule has 0 radical (unpaired) electrons. The summed E-state index contributed by atoms with van der Waals surface area (Å²) in [7, 11) is 0. The van der Waals surface area contributed by atoms with Crippen LogP contribution in [0.3, 0.4) is 0 Å². The van der Waals surface area contributed by atoms with E-state index in [1.165, 1.54) is 5.56 Å². The van der Waals surface area contributed by atoms with Gasteiger partial charge in [0.1, 0.15) is 6.29 Å². The topological polar surface area (TPSA) is 33.2 Å². The molecule has 1 fully saturated rings. The van der Waals surface area contributed by atoms with Gasteiger partial charge in [-0.2, -0.15) is 0 Å². The zero-order valence-electron chi connectivity index (χ0n) is 9.51. The molecule has 3 heteroatoms. The average Bonchev–Trinajstić information content (AvgIpc) is 2.38. The van der Waals surface area contributed by atoms with Gasteiger partial charge in [0.15, 0.2) is 0 Å². The van der Waals surface area contributed by atoms with E-state index in [1.54, 1.807) is 6.20 Å². The van der Waals surface area contributed by atoms with Crippen LogP contribution in [0.1, 0.15) is 18.4 Å². The molecule has 0 bridgehead atoms. The molecular weight excluding hydrogens is 200 g/mol. The molecule has 1 aromatic rings. The molecule has 0 amide bonds. The molecule has 2 heterocycles. The number of carbonyl (C=O) groups is 1. The summed E-state index contributed by atoms with van der Waals surface area (Å²) < 4.78 is 0. The summed E-state index contributed by atoms with van der Waals surface area (Å²) in [5.74, 6) is 0.252. The molecule has 1 unspecified atom stereocenters. The minimum Gasteiger partial charge on any atom is -0.303 e. The van der Waals surface area contributed by atoms with Gasteiger partial charge in [0.2, 0.25) is 0 Å². The van der Waals surface area contributed by atoms with E-state index in [4.69, 9.17) is 0 Å². The van der Waals surface area contributed by atoms with Gasteiger partial charge in [-0.3, -0.25) is 4.98 Å². The summed E-state index contributed by atoms with van der Waals surface area (Å²) in [5.41, 5.74) is 1.27. The zero-order chi connectivity index (χ0) is 11.2. The van der Waals surface area contributed by atoms with Crippen LogP contribution in [0.15, 0.2) is 24.5 Å². The average molecular weight is 218 g/mol. The SMILES string of the molecule is O=CC1CCCN(CCc2cccnc2)C1. The van der Waals surface area contributed by atoms with Crippen molar-refractivity contribution in [1.82, 2.24) is 9.88 Å². The van der Waals surface area contributed by atoms with Crippen LogP contribution in [0, 0.1) is 5.92 Å². The van der Waals surface area contributed by atoms with E-state index in [1.807, 2.05) is 12.3 Å². The fourth-order valence-corrected chi connectivity index (χ4v) is 2.24. The van der Waals surface area contributed by atoms with Crippen LogP contribution in [0.25, 0.3) is 0 Å². The predicted molar refractivity (Wildman–Crippen MR) is 63.2 cm³/mol. The lowest BCUT2D eigenvalue weighted by Gasteiger charge is -2.29. The van der Waals surface area contributed by atoms with Gasteiger partial charge in [0, 0.05) is 31.4 Å². The van der Waals surface area contributed by atoms with Crippen molar-refractivity contribution >= 4 is 6.29 Å². The van der Waals surface area contributed by atoms with Gasteiger partial charge in [-0.15, -0.1) is 0 Å². The van der Waals surface area contributed by atoms with E-state index < -0.39 is 0 Å². The molecule has 2 rings (SSSR count). The lowest BCUT2D eigenvalue weighted by atomic mass is 9.99. The summed E-state index contributed by atoms with van der Waals surface area (Å²) in [6.45, 7) is 3.10. The molecule has 0 spiro atoms. The fourth-order valence-electron chi connectivity index (χ4n) is 2.24. The molecule has 0 aliphatic carbocycles. The number of aromatic nitrogens is 1. The van der Waals surface area contributed by atoms with E-state index in [0.29, 0.717) is 0 Å². The summed E-state index contributed by atoms with van der Waals surface area (Å²) in [6, 6.07) is 4.08. The van der Waals surface area contributed by atoms with Gasteiger partial charge in [0.25, 0.3) is 0 Å². The Labute approximate surface area is 96.5 Å². The Bertz CT molecular complexity index is 326. The summed E-state index contributed by atoms with van der Waals surface area (Å²) >= 11 is 0. The first kappa shape index (κ1) is 11.3. The van der Waals surface area contributed by atoms with Crippen LogP contribution in [-0.4, -0.2) is 35.8 Å². The molecule has 16 heavy (non-hydrogen) atoms. The molecule has 1 saturated heterocycles. The number of aldehydes is 1. The monoisotopic (exact) mass is 218 g/mol. The molecule has 1 atom stereocenters. The highest BCUT2D eigenvalue weighted by Gasteiger charge is 2.18. The fraction of sp³-hybridized carbons (Fsp3) is 0.538. The first-order valence-electron chi connectivity index (χ1n) is 5.95. The van der Waals surface area contributed by atoms with Crippen LogP contribution in [0.5, 0.6) is 0 Å². The van der Waals surface area contributed by atoms with Gasteiger partial charge in [-0.1, -0.05) is 6.07 Å². The summed E-state index contributed by atoms with van der Waals surface area (Å²) in [6.07, 6.45) is 8.06. The van der Waals surface area contributed by atoms with Crippen molar-refractivity contribution in [2.75, 3.05) is 19.6 Å². The van der Waals surface area contributed by atoms with Crippen molar-refractivity contribution in [2.45, 2.75) is 19.3 Å². The number of piperidine rings is 1. The van der Waals surface area contributed by atoms with Crippen molar-refractivity contribution in [3.05, 3.63) is 30.1 Å². The Kier molecular flexibility index (Phi) is 4.05. The summed E-state index contributed by atoms with van der Waals surface area (Å²) in [4.78, 5) is 17.2. The minimum atomic E-state index is 0.252. The van der Waals surface area contributed by atoms with Gasteiger partial charge < -0.3 is 9.69 Å². The van der Waals surface area contributed by atoms with Crippen LogP contribution < -0.4 is 0 Å². The van der Waals surface area contributed by atoms with Crippen molar-refractivity contribution < 1.29 is 4.79 Å². The maximum atomic E-state index is 10.7. The lowest BCUT2D eigenvalue weighted by Crippen LogP contribution is -2.37. The smallest absolute Gasteiger partial charge is 0.124 e. The number of likely N-dealkylation sites (tertiary alicyclic amines) is 1. The highest BCUT2D eigenvalue weighted by molar-refractivity contribution is 5.53. The second-order valence-corrected chi connectivity index (χ2v) is 4.45. The standard InChI is InChI=1S/C13H18N2O/c16-11-13-4-2-7-15(10-13)8-5-12-3-1-6-14-9-12/h1,3,6,9,11,13H,2,4-5,7-8,10H2. The van der Waals surface area contributed by atoms with Crippen molar-refractivity contribution in [3.63, 3.8) is 0 Å². The van der Waals surface area contributed by atoms with E-state index in [0.717, 1.165) is 45.2 Å². The maximum absolute atomic E-state index is 10.7. The highest BCUT2D eigenvalue weighted by Crippen LogP contribution is 2.14. The third-order valence-corrected chi connectivity index (χ3v) is 3.17. The largest absolute Gasteiger partial charge is 0.303 e. The number of carbonyl (C=O) groups excluding carboxylic acids is 1. The van der Waals surface area contributed by atoms with E-state index >= 15 is 0 Å². The second-order valence-electron chi connectivity index (χ2n) is 4.45. The Morgan fingerprint density at radius 3 is 3.25 bits per heavy atom. The maximum Gasteiger partial charge on any atom is 0.124 e. The number of pyridine rings is 1. The van der Waals surface area contributed by atoms with Gasteiger partial charge in [0.05, 0.1) is 0 Å². The molecule has 1 aromatic heterocycles. The van der Waals surface area contributed by atoms with Crippen molar-refractivity contribution in [1.29, 1.82) is 0 Å². The summed E-state index contributed by atoms with van der Waals surface area (Å²) in [5, 5.41) is 0. The van der Waals surface area contributed by atoms with Gasteiger partial charge in [-0.25, -0.2) is 0 Å². The normalized spacial score (nSPS) is 21.9. The molecule has 0 aromatic carbocycles. The third-order valence-electron chi connectivity index (χ3n) is 3.17. The first-order valence-corrected chi connectivity index (χ1v) is 5.95. The first-order chi connectivity index (χ1) is 7.88. The zero-order valence-corrected chi connectivity index (χ0v) is 9.51. The molecule has 0 saturated carbocycles. The van der Waals surface area contributed by atoms with Crippen LogP contribution in [-0.2, 0) is 11.2 Å². The molecule has 86 valence electrons. The highest BCUT2D eigenvalue weighted by atomic mass is 16.1. The quantitative estimate of drug-likeness (QED) is 0.719. The number of hydrogen-bond donors (Lipinski definition) is 0. The van der Waals surface area contributed by atoms with E-state index in [-0.39, 0.29) is 5.92 Å². The van der Waals surface area contributed by atoms with E-state index in [2.05, 4.69) is 16.0 Å². The molecule has 3 nitrogen and oxygen atoms in total. The second kappa shape index (κ2) is 5.75. The van der Waals surface area contributed by atoms with Crippen molar-refractivity contribution in [2.24, 2.45) is 5.92 Å². The Morgan fingerprint density at radius 2 is 2.50 bits per heavy atom. The molecule has 0 N–H and O–H groups in total. The van der Waals surface area contributed by atoms with Gasteiger partial charge in [-0.05, 0) is 37.4 Å². The molecule has 1 aliphatic heterocycles. The number of rotatable bonds is 4. The molecular formula is C13H18N2O. The minimum absolute atomic E-state index is 0.252.